The largest absolute Gasteiger partial charge is 0.409 e. The van der Waals surface area contributed by atoms with E-state index in [2.05, 4.69) is 20.7 Å². The van der Waals surface area contributed by atoms with Crippen molar-refractivity contribution >= 4 is 17.5 Å². The number of rotatable bonds is 6. The number of halogens is 4. The Morgan fingerprint density at radius 1 is 1.08 bits per heavy atom. The number of likely N-dealkylation sites (tertiary alicyclic amines) is 1. The molecule has 6 unspecified atom stereocenters. The summed E-state index contributed by atoms with van der Waals surface area (Å²) >= 11 is 6.37. The fraction of sp³-hybridized carbons (Fsp3) is 0.963. The molecule has 0 radical (unpaired) electrons. The highest BCUT2D eigenvalue weighted by Crippen LogP contribution is 2.41. The minimum Gasteiger partial charge on any atom is -0.381 e. The van der Waals surface area contributed by atoms with Crippen LogP contribution in [0, 0.1) is 11.8 Å². The first kappa shape index (κ1) is 28.9. The summed E-state index contributed by atoms with van der Waals surface area (Å²) < 4.78 is 48.8. The molecule has 0 aromatic rings. The normalized spacial score (nSPS) is 39.8. The van der Waals surface area contributed by atoms with E-state index in [0.29, 0.717) is 24.9 Å². The van der Waals surface area contributed by atoms with Crippen molar-refractivity contribution in [1.29, 1.82) is 0 Å². The maximum atomic E-state index is 14.4. The smallest absolute Gasteiger partial charge is 0.381 e. The highest BCUT2D eigenvalue weighted by molar-refractivity contribution is 6.20. The number of alkyl halides is 4. The molecular weight excluding hydrogens is 519 g/mol. The molecule has 3 aliphatic heterocycles. The van der Waals surface area contributed by atoms with Gasteiger partial charge in [-0.1, -0.05) is 12.8 Å². The van der Waals surface area contributed by atoms with Gasteiger partial charge in [0, 0.05) is 51.7 Å². The summed E-state index contributed by atoms with van der Waals surface area (Å²) in [5, 5.41) is 5.93. The second kappa shape index (κ2) is 12.1. The van der Waals surface area contributed by atoms with Crippen molar-refractivity contribution in [2.75, 3.05) is 27.2 Å². The lowest BCUT2D eigenvalue weighted by atomic mass is 9.78. The maximum Gasteiger partial charge on any atom is 0.409 e. The zero-order valence-electron chi connectivity index (χ0n) is 22.8. The predicted octanol–water partition coefficient (Wildman–Crippen LogP) is 4.07. The highest BCUT2D eigenvalue weighted by atomic mass is 35.5. The Hall–Kier alpha value is -0.650. The van der Waals surface area contributed by atoms with Crippen LogP contribution in [0.4, 0.5) is 13.2 Å². The van der Waals surface area contributed by atoms with Crippen LogP contribution in [0.2, 0.25) is 0 Å². The molecule has 3 saturated heterocycles. The Kier molecular flexibility index (Phi) is 9.17. The number of carbonyl (C=O) groups excluding carboxylic acids is 1. The number of amides is 1. The van der Waals surface area contributed by atoms with Crippen molar-refractivity contribution in [1.82, 2.24) is 25.6 Å². The van der Waals surface area contributed by atoms with Gasteiger partial charge in [-0.05, 0) is 69.7 Å². The molecule has 218 valence electrons. The van der Waals surface area contributed by atoms with Crippen molar-refractivity contribution in [2.24, 2.45) is 11.8 Å². The van der Waals surface area contributed by atoms with E-state index in [1.165, 1.54) is 7.05 Å². The van der Waals surface area contributed by atoms with Gasteiger partial charge in [-0.25, -0.2) is 10.4 Å². The summed E-state index contributed by atoms with van der Waals surface area (Å²) in [6, 6.07) is -0.727. The third-order valence-corrected chi connectivity index (χ3v) is 10.4. The van der Waals surface area contributed by atoms with Crippen LogP contribution in [0.25, 0.3) is 0 Å². The minimum absolute atomic E-state index is 0.00301. The van der Waals surface area contributed by atoms with Gasteiger partial charge < -0.3 is 9.64 Å². The Morgan fingerprint density at radius 3 is 2.53 bits per heavy atom. The van der Waals surface area contributed by atoms with Crippen molar-refractivity contribution in [3.8, 4) is 0 Å². The molecule has 11 heteroatoms. The van der Waals surface area contributed by atoms with Crippen LogP contribution in [0.15, 0.2) is 0 Å². The number of fused-ring (bicyclic) bond motifs is 3. The molecule has 0 spiro atoms. The van der Waals surface area contributed by atoms with Crippen LogP contribution in [0.3, 0.4) is 0 Å². The number of nitrogens with one attached hydrogen (secondary N) is 2. The van der Waals surface area contributed by atoms with E-state index in [0.717, 1.165) is 75.8 Å². The van der Waals surface area contributed by atoms with E-state index >= 15 is 0 Å². The quantitative estimate of drug-likeness (QED) is 0.375. The van der Waals surface area contributed by atoms with Gasteiger partial charge in [0.05, 0.1) is 17.8 Å². The van der Waals surface area contributed by atoms with Gasteiger partial charge >= 0.3 is 6.18 Å². The van der Waals surface area contributed by atoms with Crippen LogP contribution in [0.5, 0.6) is 0 Å². The molecule has 1 amide bonds. The fourth-order valence-corrected chi connectivity index (χ4v) is 8.55. The molecule has 7 atom stereocenters. The average molecular weight is 564 g/mol. The summed E-state index contributed by atoms with van der Waals surface area (Å²) in [5.41, 5.74) is 3.35. The van der Waals surface area contributed by atoms with Crippen LogP contribution in [-0.4, -0.2) is 96.1 Å². The Bertz CT molecular complexity index is 814. The van der Waals surface area contributed by atoms with Crippen LogP contribution in [0.1, 0.15) is 77.0 Å². The summed E-state index contributed by atoms with van der Waals surface area (Å²) in [5.74, 6) is -0.958. The molecule has 2 N–H and O–H groups in total. The number of ether oxygens (including phenoxy) is 1. The number of methoxy groups -OCH3 is 1. The van der Waals surface area contributed by atoms with Gasteiger partial charge in [0.15, 0.2) is 0 Å². The van der Waals surface area contributed by atoms with Crippen LogP contribution in [-0.2, 0) is 9.53 Å². The molecule has 5 fully saturated rings. The third kappa shape index (κ3) is 6.00. The summed E-state index contributed by atoms with van der Waals surface area (Å²) in [7, 11) is 3.00. The molecule has 7 nitrogen and oxygen atoms in total. The Morgan fingerprint density at radius 2 is 1.82 bits per heavy atom. The first-order valence-electron chi connectivity index (χ1n) is 14.7. The zero-order valence-corrected chi connectivity index (χ0v) is 23.5. The molecule has 38 heavy (non-hydrogen) atoms. The van der Waals surface area contributed by atoms with E-state index in [1.807, 2.05) is 0 Å². The standard InChI is InChI=1S/C27H45ClF3N5O2/c1-34(25(37)14-18-6-3-4-8-22(18)38-2)26(27(29,30)31)17-9-11-19(12-10-17)35-13-5-7-20-21(35)16-32-24-15-23(28)33-36(20)24/h17-24,26,32-33H,3-16H2,1-2H3/t17?,18?,19?,20?,21?,22?,23?,24?,26-/m0/s1. The van der Waals surface area contributed by atoms with E-state index in [4.69, 9.17) is 16.3 Å². The monoisotopic (exact) mass is 563 g/mol. The Balaban J connectivity index is 1.20. The molecule has 5 aliphatic rings. The average Bonchev–Trinajstić information content (AvgIpc) is 3.29. The van der Waals surface area contributed by atoms with Gasteiger partial charge in [-0.15, -0.1) is 11.6 Å². The van der Waals surface area contributed by atoms with Gasteiger partial charge in [0.1, 0.15) is 6.04 Å². The van der Waals surface area contributed by atoms with Crippen molar-refractivity contribution in [3.05, 3.63) is 0 Å². The number of hydrazine groups is 1. The number of nitrogens with zero attached hydrogens (tertiary/aromatic N) is 3. The van der Waals surface area contributed by atoms with Gasteiger partial charge in [0.2, 0.25) is 5.91 Å². The van der Waals surface area contributed by atoms with Gasteiger partial charge in [-0.3, -0.25) is 15.0 Å². The molecule has 0 aromatic carbocycles. The number of piperidine rings is 1. The summed E-state index contributed by atoms with van der Waals surface area (Å²) in [6.07, 6.45) is 5.21. The molecule has 0 bridgehead atoms. The van der Waals surface area contributed by atoms with Crippen molar-refractivity contribution in [3.63, 3.8) is 0 Å². The first-order valence-corrected chi connectivity index (χ1v) is 15.1. The van der Waals surface area contributed by atoms with E-state index < -0.39 is 24.0 Å². The SMILES string of the molecule is COC1CCCCC1CC(=O)N(C)[C@@H](C1CCC(N2CCCC3C2CNC2CC(Cl)NN23)CC1)C(F)(F)F. The lowest BCUT2D eigenvalue weighted by Crippen LogP contribution is -2.70. The van der Waals surface area contributed by atoms with Crippen LogP contribution >= 0.6 is 11.6 Å². The molecular formula is C27H45ClF3N5O2. The van der Waals surface area contributed by atoms with E-state index in [-0.39, 0.29) is 36.2 Å². The molecule has 5 rings (SSSR count). The lowest BCUT2D eigenvalue weighted by molar-refractivity contribution is -0.202. The van der Waals surface area contributed by atoms with Crippen LogP contribution < -0.4 is 10.7 Å². The van der Waals surface area contributed by atoms with Crippen molar-refractivity contribution in [2.45, 2.75) is 125 Å². The zero-order chi connectivity index (χ0) is 27.0. The maximum absolute atomic E-state index is 14.4. The van der Waals surface area contributed by atoms with Crippen molar-refractivity contribution < 1.29 is 22.7 Å². The molecule has 2 saturated carbocycles. The third-order valence-electron chi connectivity index (χ3n) is 10.1. The Labute approximate surface area is 230 Å². The fourth-order valence-electron chi connectivity index (χ4n) is 8.27. The van der Waals surface area contributed by atoms with Gasteiger partial charge in [0.25, 0.3) is 0 Å². The number of carbonyl (C=O) groups is 1. The molecule has 2 aliphatic carbocycles. The minimum atomic E-state index is -4.44. The summed E-state index contributed by atoms with van der Waals surface area (Å²) in [6.45, 7) is 1.88. The number of hydrogen-bond donors (Lipinski definition) is 2. The first-order chi connectivity index (χ1) is 18.2. The second-order valence-corrected chi connectivity index (χ2v) is 12.8. The molecule has 3 heterocycles. The summed E-state index contributed by atoms with van der Waals surface area (Å²) in [4.78, 5) is 16.7. The second-order valence-electron chi connectivity index (χ2n) is 12.3. The lowest BCUT2D eigenvalue weighted by Gasteiger charge is -2.53. The topological polar surface area (TPSA) is 60.1 Å². The van der Waals surface area contributed by atoms with E-state index in [1.54, 1.807) is 7.11 Å². The van der Waals surface area contributed by atoms with Gasteiger partial charge in [-0.2, -0.15) is 13.2 Å². The van der Waals surface area contributed by atoms with E-state index in [9.17, 15) is 18.0 Å². The number of hydrogen-bond acceptors (Lipinski definition) is 6. The molecule has 0 aromatic heterocycles. The predicted molar refractivity (Wildman–Crippen MR) is 140 cm³/mol. The highest BCUT2D eigenvalue weighted by Gasteiger charge is 2.51.